The van der Waals surface area contributed by atoms with Crippen molar-refractivity contribution in [1.29, 1.82) is 0 Å². The van der Waals surface area contributed by atoms with E-state index in [1.807, 2.05) is 13.0 Å². The maximum Gasteiger partial charge on any atom is 0.335 e. The predicted molar refractivity (Wildman–Crippen MR) is 132 cm³/mol. The standard InChI is InChI=1S/C26H22F2N4O3S/c1-14-9-19(31-22(10-14)32-21-12-16(23(27)28)6-8-29-21)20-13-30-25(36-20)26(35)7-2-3-15-11-17(24(33)34)4-5-18(15)26/h4-6,8-13,23,35H,2-3,7H2,1H3,(H,33,34)(H,29,31,32)/t26-/m1/s1. The van der Waals surface area contributed by atoms with E-state index in [0.29, 0.717) is 41.3 Å². The largest absolute Gasteiger partial charge is 0.478 e. The number of halogens is 2. The maximum absolute atomic E-state index is 13.0. The first-order valence-corrected chi connectivity index (χ1v) is 12.1. The van der Waals surface area contributed by atoms with Crippen molar-refractivity contribution in [3.8, 4) is 10.6 Å². The van der Waals surface area contributed by atoms with Gasteiger partial charge in [-0.25, -0.2) is 28.5 Å². The molecule has 0 amide bonds. The van der Waals surface area contributed by atoms with Gasteiger partial charge in [0.25, 0.3) is 6.43 Å². The fourth-order valence-corrected chi connectivity index (χ4v) is 5.46. The highest BCUT2D eigenvalue weighted by Crippen LogP contribution is 2.43. The summed E-state index contributed by atoms with van der Waals surface area (Å²) in [7, 11) is 0. The molecule has 36 heavy (non-hydrogen) atoms. The number of aliphatic hydroxyl groups is 1. The van der Waals surface area contributed by atoms with Crippen LogP contribution in [0.25, 0.3) is 10.6 Å². The van der Waals surface area contributed by atoms with Crippen LogP contribution < -0.4 is 5.32 Å². The number of thiazole rings is 1. The van der Waals surface area contributed by atoms with Gasteiger partial charge in [-0.15, -0.1) is 11.3 Å². The number of rotatable bonds is 6. The summed E-state index contributed by atoms with van der Waals surface area (Å²) in [5.74, 6) is -0.299. The molecule has 3 heterocycles. The highest BCUT2D eigenvalue weighted by atomic mass is 32.1. The van der Waals surface area contributed by atoms with Crippen molar-refractivity contribution in [2.45, 2.75) is 38.2 Å². The molecule has 1 atom stereocenters. The number of alkyl halides is 2. The van der Waals surface area contributed by atoms with Crippen LogP contribution in [0.1, 0.15) is 56.9 Å². The van der Waals surface area contributed by atoms with E-state index < -0.39 is 18.0 Å². The van der Waals surface area contributed by atoms with Crippen molar-refractivity contribution >= 4 is 28.9 Å². The molecule has 4 aromatic rings. The van der Waals surface area contributed by atoms with Crippen molar-refractivity contribution in [2.75, 3.05) is 5.32 Å². The van der Waals surface area contributed by atoms with Crippen molar-refractivity contribution in [3.63, 3.8) is 0 Å². The van der Waals surface area contributed by atoms with Crippen LogP contribution in [-0.2, 0) is 12.0 Å². The van der Waals surface area contributed by atoms with Gasteiger partial charge in [-0.1, -0.05) is 6.07 Å². The van der Waals surface area contributed by atoms with E-state index in [9.17, 15) is 23.8 Å². The molecule has 10 heteroatoms. The first-order valence-electron chi connectivity index (χ1n) is 11.3. The quantitative estimate of drug-likeness (QED) is 0.299. The predicted octanol–water partition coefficient (Wildman–Crippen LogP) is 5.86. The van der Waals surface area contributed by atoms with Gasteiger partial charge in [-0.05, 0) is 79.3 Å². The number of hydrogen-bond donors (Lipinski definition) is 3. The van der Waals surface area contributed by atoms with Gasteiger partial charge in [0.2, 0.25) is 0 Å². The SMILES string of the molecule is Cc1cc(Nc2cc(C(F)F)ccn2)nc(-c2cnc([C@@]3(O)CCCc4cc(C(=O)O)ccc43)s2)c1. The number of fused-ring (bicyclic) bond motifs is 1. The van der Waals surface area contributed by atoms with Gasteiger partial charge in [0.05, 0.1) is 16.1 Å². The normalized spacial score (nSPS) is 17.1. The number of carbonyl (C=O) groups is 1. The molecule has 0 unspecified atom stereocenters. The zero-order chi connectivity index (χ0) is 25.4. The number of hydrogen-bond acceptors (Lipinski definition) is 7. The second kappa shape index (κ2) is 9.36. The summed E-state index contributed by atoms with van der Waals surface area (Å²) in [4.78, 5) is 25.3. The van der Waals surface area contributed by atoms with Crippen molar-refractivity contribution in [2.24, 2.45) is 0 Å². The van der Waals surface area contributed by atoms with Gasteiger partial charge in [0, 0.05) is 18.0 Å². The lowest BCUT2D eigenvalue weighted by molar-refractivity contribution is 0.0607. The van der Waals surface area contributed by atoms with Crippen LogP contribution in [0.5, 0.6) is 0 Å². The van der Waals surface area contributed by atoms with E-state index in [4.69, 9.17) is 0 Å². The van der Waals surface area contributed by atoms with Crippen LogP contribution in [0.4, 0.5) is 20.4 Å². The summed E-state index contributed by atoms with van der Waals surface area (Å²) < 4.78 is 26.1. The molecule has 5 rings (SSSR count). The molecule has 0 radical (unpaired) electrons. The fraction of sp³-hybridized carbons (Fsp3) is 0.231. The van der Waals surface area contributed by atoms with Crippen LogP contribution in [0.15, 0.2) is 54.9 Å². The lowest BCUT2D eigenvalue weighted by Crippen LogP contribution is -2.32. The zero-order valence-corrected chi connectivity index (χ0v) is 20.0. The van der Waals surface area contributed by atoms with E-state index in [-0.39, 0.29) is 16.9 Å². The second-order valence-electron chi connectivity index (χ2n) is 8.74. The molecule has 1 aliphatic carbocycles. The van der Waals surface area contributed by atoms with Gasteiger partial charge >= 0.3 is 5.97 Å². The highest BCUT2D eigenvalue weighted by Gasteiger charge is 2.39. The van der Waals surface area contributed by atoms with Gasteiger partial charge < -0.3 is 15.5 Å². The minimum Gasteiger partial charge on any atom is -0.478 e. The fourth-order valence-electron chi connectivity index (χ4n) is 4.45. The minimum atomic E-state index is -2.60. The maximum atomic E-state index is 13.0. The van der Waals surface area contributed by atoms with E-state index in [2.05, 4.69) is 20.3 Å². The average Bonchev–Trinajstić information content (AvgIpc) is 3.35. The van der Waals surface area contributed by atoms with Gasteiger partial charge in [-0.2, -0.15) is 0 Å². The molecule has 1 aromatic carbocycles. The van der Waals surface area contributed by atoms with E-state index in [0.717, 1.165) is 16.0 Å². The molecule has 0 spiro atoms. The Bertz CT molecular complexity index is 1460. The topological polar surface area (TPSA) is 108 Å². The molecule has 0 fully saturated rings. The summed E-state index contributed by atoms with van der Waals surface area (Å²) >= 11 is 1.31. The van der Waals surface area contributed by atoms with Crippen LogP contribution >= 0.6 is 11.3 Å². The van der Waals surface area contributed by atoms with Crippen molar-refractivity contribution in [3.05, 3.63) is 87.7 Å². The zero-order valence-electron chi connectivity index (χ0n) is 19.2. The van der Waals surface area contributed by atoms with E-state index >= 15 is 0 Å². The molecule has 0 aliphatic heterocycles. The van der Waals surface area contributed by atoms with E-state index in [1.165, 1.54) is 35.7 Å². The third-order valence-electron chi connectivity index (χ3n) is 6.16. The van der Waals surface area contributed by atoms with Gasteiger partial charge in [0.15, 0.2) is 0 Å². The Kier molecular flexibility index (Phi) is 6.23. The molecule has 0 bridgehead atoms. The molecule has 7 nitrogen and oxygen atoms in total. The number of aryl methyl sites for hydroxylation is 2. The lowest BCUT2D eigenvalue weighted by atomic mass is 9.79. The summed E-state index contributed by atoms with van der Waals surface area (Å²) in [6.45, 7) is 1.90. The number of anilines is 2. The van der Waals surface area contributed by atoms with Gasteiger partial charge in [-0.3, -0.25) is 0 Å². The molecule has 1 aliphatic rings. The molecular formula is C26H22F2N4O3S. The number of aromatic carboxylic acids is 1. The summed E-state index contributed by atoms with van der Waals surface area (Å²) in [6, 6.07) is 11.0. The Balaban J connectivity index is 1.46. The van der Waals surface area contributed by atoms with Crippen molar-refractivity contribution in [1.82, 2.24) is 15.0 Å². The summed E-state index contributed by atoms with van der Waals surface area (Å²) in [5, 5.41) is 24.5. The molecular weight excluding hydrogens is 486 g/mol. The Morgan fingerprint density at radius 3 is 2.75 bits per heavy atom. The Morgan fingerprint density at radius 1 is 1.14 bits per heavy atom. The lowest BCUT2D eigenvalue weighted by Gasteiger charge is -2.33. The number of nitrogens with zero attached hydrogens (tertiary/aromatic N) is 3. The van der Waals surface area contributed by atoms with E-state index in [1.54, 1.807) is 24.4 Å². The number of nitrogens with one attached hydrogen (secondary N) is 1. The van der Waals surface area contributed by atoms with Crippen LogP contribution in [0, 0.1) is 6.92 Å². The second-order valence-corrected chi connectivity index (χ2v) is 9.77. The van der Waals surface area contributed by atoms with Crippen LogP contribution in [0.3, 0.4) is 0 Å². The number of aromatic nitrogens is 3. The number of carboxylic acids is 1. The minimum absolute atomic E-state index is 0.135. The molecule has 0 saturated heterocycles. The number of benzene rings is 1. The number of pyridine rings is 2. The van der Waals surface area contributed by atoms with Gasteiger partial charge in [0.1, 0.15) is 22.2 Å². The third kappa shape index (κ3) is 4.57. The average molecular weight is 509 g/mol. The first kappa shape index (κ1) is 24.0. The third-order valence-corrected chi connectivity index (χ3v) is 7.33. The molecule has 0 saturated carbocycles. The Labute approximate surface area is 209 Å². The Morgan fingerprint density at radius 2 is 1.97 bits per heavy atom. The van der Waals surface area contributed by atoms with Crippen LogP contribution in [0.2, 0.25) is 0 Å². The highest BCUT2D eigenvalue weighted by molar-refractivity contribution is 7.15. The van der Waals surface area contributed by atoms with Crippen molar-refractivity contribution < 1.29 is 23.8 Å². The number of carboxylic acid groups (broad SMARTS) is 1. The smallest absolute Gasteiger partial charge is 0.335 e. The first-order chi connectivity index (χ1) is 17.2. The monoisotopic (exact) mass is 508 g/mol. The molecule has 3 N–H and O–H groups in total. The molecule has 184 valence electrons. The Hall–Kier alpha value is -3.76. The van der Waals surface area contributed by atoms with Crippen LogP contribution in [-0.4, -0.2) is 31.1 Å². The summed E-state index contributed by atoms with van der Waals surface area (Å²) in [5.41, 5.74) is 1.72. The summed E-state index contributed by atoms with van der Waals surface area (Å²) in [6.07, 6.45) is 2.23. The molecule has 3 aromatic heterocycles.